The summed E-state index contributed by atoms with van der Waals surface area (Å²) >= 11 is 0. The smallest absolute Gasteiger partial charge is 0.292 e. The Hall–Kier alpha value is -4.87. The predicted octanol–water partition coefficient (Wildman–Crippen LogP) is 5.02. The first-order valence-corrected chi connectivity index (χ1v) is 12.6. The van der Waals surface area contributed by atoms with E-state index >= 15 is 0 Å². The average molecular weight is 548 g/mol. The van der Waals surface area contributed by atoms with Gasteiger partial charge in [-0.25, -0.2) is 9.89 Å². The van der Waals surface area contributed by atoms with E-state index in [0.29, 0.717) is 23.6 Å². The van der Waals surface area contributed by atoms with Gasteiger partial charge in [-0.1, -0.05) is 55.8 Å². The molecule has 1 N–H and O–H groups in total. The maximum absolute atomic E-state index is 13.5. The Bertz CT molecular complexity index is 1690. The number of unbranched alkanes of at least 4 members (excludes halogenated alkanes) is 1. The van der Waals surface area contributed by atoms with E-state index < -0.39 is 23.2 Å². The minimum atomic E-state index is -5.06. The summed E-state index contributed by atoms with van der Waals surface area (Å²) in [7, 11) is 0. The summed E-state index contributed by atoms with van der Waals surface area (Å²) < 4.78 is 42.5. The van der Waals surface area contributed by atoms with Gasteiger partial charge in [-0.3, -0.25) is 18.9 Å². The topological polar surface area (TPSA) is 111 Å². The number of ketones is 1. The van der Waals surface area contributed by atoms with Crippen molar-refractivity contribution in [1.82, 2.24) is 34.7 Å². The molecule has 0 aliphatic heterocycles. The standard InChI is InChI=1S/C28H24F3N7O2/c1-2-3-7-20-17-38(23-10-5-4-8-22(23)25(39)28(29,30)31)27(40)37(20)16-18-11-13-19(14-12-18)21-9-6-15-32-24(21)26-33-35-36-34-26/h4-6,8-15,17H,2-3,7,16H2,1H3,(H,33,34,35,36). The molecular formula is C28H24F3N7O2. The molecule has 0 amide bonds. The zero-order valence-electron chi connectivity index (χ0n) is 21.4. The number of hydrogen-bond acceptors (Lipinski definition) is 6. The van der Waals surface area contributed by atoms with Crippen LogP contribution >= 0.6 is 0 Å². The zero-order valence-corrected chi connectivity index (χ0v) is 21.4. The number of Topliss-reactive ketones (excluding diaryl/α,β-unsaturated/α-hetero) is 1. The number of pyridine rings is 1. The van der Waals surface area contributed by atoms with Crippen LogP contribution < -0.4 is 5.69 Å². The van der Waals surface area contributed by atoms with Gasteiger partial charge in [0.05, 0.1) is 17.8 Å². The first-order chi connectivity index (χ1) is 19.3. The molecule has 2 aromatic carbocycles. The van der Waals surface area contributed by atoms with E-state index in [-0.39, 0.29) is 12.2 Å². The Morgan fingerprint density at radius 2 is 1.80 bits per heavy atom. The number of aromatic amines is 1. The number of alkyl halides is 3. The van der Waals surface area contributed by atoms with E-state index in [1.54, 1.807) is 12.3 Å². The number of tetrazole rings is 1. The first-order valence-electron chi connectivity index (χ1n) is 12.6. The molecule has 204 valence electrons. The zero-order chi connectivity index (χ0) is 28.3. The molecule has 0 unspecified atom stereocenters. The lowest BCUT2D eigenvalue weighted by Crippen LogP contribution is -2.28. The molecule has 5 aromatic rings. The Labute approximate surface area is 226 Å². The molecule has 3 aromatic heterocycles. The number of nitrogens with one attached hydrogen (secondary N) is 1. The van der Waals surface area contributed by atoms with Gasteiger partial charge in [0.25, 0.3) is 5.78 Å². The van der Waals surface area contributed by atoms with Crippen LogP contribution in [0.15, 0.2) is 77.9 Å². The molecular weight excluding hydrogens is 523 g/mol. The van der Waals surface area contributed by atoms with Gasteiger partial charge in [0.1, 0.15) is 5.69 Å². The van der Waals surface area contributed by atoms with Crippen LogP contribution in [0.25, 0.3) is 28.3 Å². The van der Waals surface area contributed by atoms with E-state index in [9.17, 15) is 22.8 Å². The summed E-state index contributed by atoms with van der Waals surface area (Å²) in [6, 6.07) is 16.5. The van der Waals surface area contributed by atoms with Crippen LogP contribution in [0.3, 0.4) is 0 Å². The van der Waals surface area contributed by atoms with Gasteiger partial charge in [0.2, 0.25) is 0 Å². The highest BCUT2D eigenvalue weighted by Crippen LogP contribution is 2.28. The molecule has 9 nitrogen and oxygen atoms in total. The molecule has 3 heterocycles. The second-order valence-corrected chi connectivity index (χ2v) is 9.15. The Morgan fingerprint density at radius 1 is 1.02 bits per heavy atom. The van der Waals surface area contributed by atoms with Crippen molar-refractivity contribution >= 4 is 5.78 Å². The molecule has 0 radical (unpaired) electrons. The second-order valence-electron chi connectivity index (χ2n) is 9.15. The van der Waals surface area contributed by atoms with E-state index in [4.69, 9.17) is 0 Å². The number of imidazole rings is 1. The molecule has 0 aliphatic carbocycles. The number of halogens is 3. The Kier molecular flexibility index (Phi) is 7.41. The maximum Gasteiger partial charge on any atom is 0.454 e. The SMILES string of the molecule is CCCCc1cn(-c2ccccc2C(=O)C(F)(F)F)c(=O)n1Cc1ccc(-c2cccnc2-c2nnn[nH]2)cc1. The third kappa shape index (κ3) is 5.33. The van der Waals surface area contributed by atoms with Crippen molar-refractivity contribution < 1.29 is 18.0 Å². The fourth-order valence-electron chi connectivity index (χ4n) is 4.51. The average Bonchev–Trinajstić information content (AvgIpc) is 3.60. The molecule has 0 bridgehead atoms. The third-order valence-electron chi connectivity index (χ3n) is 6.50. The lowest BCUT2D eigenvalue weighted by molar-refractivity contribution is -0.0885. The number of para-hydroxylation sites is 1. The van der Waals surface area contributed by atoms with Crippen LogP contribution in [0, 0.1) is 0 Å². The quantitative estimate of drug-likeness (QED) is 0.260. The van der Waals surface area contributed by atoms with Crippen molar-refractivity contribution in [3.05, 3.63) is 100 Å². The highest BCUT2D eigenvalue weighted by atomic mass is 19.4. The fourth-order valence-corrected chi connectivity index (χ4v) is 4.51. The van der Waals surface area contributed by atoms with Crippen LogP contribution in [0.1, 0.15) is 41.4 Å². The predicted molar refractivity (Wildman–Crippen MR) is 141 cm³/mol. The summed E-state index contributed by atoms with van der Waals surface area (Å²) in [5, 5.41) is 13.9. The van der Waals surface area contributed by atoms with Crippen molar-refractivity contribution in [3.8, 4) is 28.3 Å². The van der Waals surface area contributed by atoms with Crippen molar-refractivity contribution in [2.45, 2.75) is 38.9 Å². The highest BCUT2D eigenvalue weighted by molar-refractivity contribution is 6.03. The van der Waals surface area contributed by atoms with Crippen molar-refractivity contribution in [2.24, 2.45) is 0 Å². The number of H-pyrrole nitrogens is 1. The van der Waals surface area contributed by atoms with Crippen molar-refractivity contribution in [3.63, 3.8) is 0 Å². The lowest BCUT2D eigenvalue weighted by Gasteiger charge is -2.11. The van der Waals surface area contributed by atoms with Gasteiger partial charge in [-0.2, -0.15) is 13.2 Å². The summed E-state index contributed by atoms with van der Waals surface area (Å²) in [5.74, 6) is -1.57. The van der Waals surface area contributed by atoms with Crippen LogP contribution in [-0.4, -0.2) is 46.7 Å². The molecule has 0 atom stereocenters. The number of nitrogens with zero attached hydrogens (tertiary/aromatic N) is 6. The van der Waals surface area contributed by atoms with Gasteiger partial charge in [-0.15, -0.1) is 5.10 Å². The lowest BCUT2D eigenvalue weighted by atomic mass is 10.0. The van der Waals surface area contributed by atoms with Crippen LogP contribution in [0.5, 0.6) is 0 Å². The Morgan fingerprint density at radius 3 is 2.50 bits per heavy atom. The molecule has 0 aliphatic rings. The second kappa shape index (κ2) is 11.1. The third-order valence-corrected chi connectivity index (χ3v) is 6.50. The molecule has 40 heavy (non-hydrogen) atoms. The number of carbonyl (C=O) groups excluding carboxylic acids is 1. The van der Waals surface area contributed by atoms with Crippen LogP contribution in [0.4, 0.5) is 13.2 Å². The number of aromatic nitrogens is 7. The minimum Gasteiger partial charge on any atom is -0.292 e. The summed E-state index contributed by atoms with van der Waals surface area (Å²) in [5.41, 5.74) is 2.53. The monoisotopic (exact) mass is 547 g/mol. The molecule has 12 heteroatoms. The molecule has 0 saturated carbocycles. The van der Waals surface area contributed by atoms with E-state index in [1.165, 1.54) is 29.0 Å². The van der Waals surface area contributed by atoms with Crippen molar-refractivity contribution in [2.75, 3.05) is 0 Å². The minimum absolute atomic E-state index is 0.104. The first kappa shape index (κ1) is 26.7. The van der Waals surface area contributed by atoms with Crippen molar-refractivity contribution in [1.29, 1.82) is 0 Å². The van der Waals surface area contributed by atoms with Crippen LogP contribution in [-0.2, 0) is 13.0 Å². The van der Waals surface area contributed by atoms with E-state index in [1.807, 2.05) is 37.3 Å². The fraction of sp³-hybridized carbons (Fsp3) is 0.214. The normalized spacial score (nSPS) is 11.6. The molecule has 0 spiro atoms. The molecule has 5 rings (SSSR count). The number of hydrogen-bond donors (Lipinski definition) is 1. The van der Waals surface area contributed by atoms with Gasteiger partial charge in [-0.05, 0) is 52.6 Å². The van der Waals surface area contributed by atoms with E-state index in [0.717, 1.165) is 40.2 Å². The number of aryl methyl sites for hydroxylation is 1. The van der Waals surface area contributed by atoms with E-state index in [2.05, 4.69) is 25.6 Å². The summed E-state index contributed by atoms with van der Waals surface area (Å²) in [4.78, 5) is 30.0. The molecule has 0 fully saturated rings. The molecule has 0 saturated heterocycles. The largest absolute Gasteiger partial charge is 0.454 e. The maximum atomic E-state index is 13.5. The van der Waals surface area contributed by atoms with Gasteiger partial charge >= 0.3 is 11.9 Å². The summed E-state index contributed by atoms with van der Waals surface area (Å²) in [6.45, 7) is 2.21. The number of rotatable bonds is 9. The Balaban J connectivity index is 1.50. The number of carbonyl (C=O) groups is 1. The van der Waals surface area contributed by atoms with Crippen LogP contribution in [0.2, 0.25) is 0 Å². The summed E-state index contributed by atoms with van der Waals surface area (Å²) in [6.07, 6.45) is 0.314. The highest BCUT2D eigenvalue weighted by Gasteiger charge is 2.40. The van der Waals surface area contributed by atoms with Gasteiger partial charge < -0.3 is 0 Å². The van der Waals surface area contributed by atoms with Gasteiger partial charge in [0, 0.05) is 23.7 Å². The number of benzene rings is 2. The van der Waals surface area contributed by atoms with Gasteiger partial charge in [0.15, 0.2) is 5.82 Å².